The Morgan fingerprint density at radius 3 is 2.92 bits per heavy atom. The Labute approximate surface area is 84.2 Å². The van der Waals surface area contributed by atoms with Crippen LogP contribution in [0.25, 0.3) is 20.4 Å². The van der Waals surface area contributed by atoms with Crippen molar-refractivity contribution in [3.8, 4) is 0 Å². The van der Waals surface area contributed by atoms with Gasteiger partial charge in [0.1, 0.15) is 0 Å². The Balaban J connectivity index is 2.72. The van der Waals surface area contributed by atoms with Gasteiger partial charge in [-0.25, -0.2) is 0 Å². The summed E-state index contributed by atoms with van der Waals surface area (Å²) in [6.07, 6.45) is 0. The molecule has 0 aliphatic heterocycles. The first-order valence-electron chi connectivity index (χ1n) is 4.18. The first-order valence-corrected chi connectivity index (χ1v) is 5.94. The maximum absolute atomic E-state index is 2.30. The summed E-state index contributed by atoms with van der Waals surface area (Å²) < 4.78 is 5.19. The van der Waals surface area contributed by atoms with E-state index in [1.165, 1.54) is 26.0 Å². The SMILES string of the molecule is Cc1csc2c3sccc3n(C)c12. The van der Waals surface area contributed by atoms with Crippen LogP contribution < -0.4 is 0 Å². The lowest BCUT2D eigenvalue weighted by molar-refractivity contribution is 1.01. The van der Waals surface area contributed by atoms with E-state index in [4.69, 9.17) is 0 Å². The molecule has 0 aromatic carbocycles. The highest BCUT2D eigenvalue weighted by molar-refractivity contribution is 7.25. The number of fused-ring (bicyclic) bond motifs is 3. The molecule has 0 aliphatic rings. The minimum absolute atomic E-state index is 1.37. The van der Waals surface area contributed by atoms with E-state index in [-0.39, 0.29) is 0 Å². The third-order valence-corrected chi connectivity index (χ3v) is 4.64. The normalized spacial score (nSPS) is 11.8. The first kappa shape index (κ1) is 7.59. The van der Waals surface area contributed by atoms with Crippen LogP contribution in [0, 0.1) is 6.92 Å². The van der Waals surface area contributed by atoms with E-state index in [2.05, 4.69) is 35.4 Å². The van der Waals surface area contributed by atoms with Crippen molar-refractivity contribution in [3.63, 3.8) is 0 Å². The quantitative estimate of drug-likeness (QED) is 0.529. The zero-order valence-electron chi connectivity index (χ0n) is 7.50. The van der Waals surface area contributed by atoms with E-state index < -0.39 is 0 Å². The summed E-state index contributed by atoms with van der Waals surface area (Å²) in [7, 11) is 2.15. The average Bonchev–Trinajstić information content (AvgIpc) is 2.71. The summed E-state index contributed by atoms with van der Waals surface area (Å²) in [6, 6.07) is 2.20. The van der Waals surface area contributed by atoms with Gasteiger partial charge in [0.2, 0.25) is 0 Å². The Hall–Kier alpha value is -0.800. The van der Waals surface area contributed by atoms with Crippen molar-refractivity contribution in [1.29, 1.82) is 0 Å². The molecule has 3 heteroatoms. The van der Waals surface area contributed by atoms with E-state index in [1.54, 1.807) is 0 Å². The van der Waals surface area contributed by atoms with E-state index in [9.17, 15) is 0 Å². The third-order valence-electron chi connectivity index (χ3n) is 2.49. The number of thiophene rings is 2. The fraction of sp³-hybridized carbons (Fsp3) is 0.200. The maximum Gasteiger partial charge on any atom is 0.0703 e. The molecular formula is C10H9NS2. The van der Waals surface area contributed by atoms with Crippen LogP contribution in [-0.4, -0.2) is 4.57 Å². The Kier molecular flexibility index (Phi) is 1.38. The van der Waals surface area contributed by atoms with Crippen molar-refractivity contribution < 1.29 is 0 Å². The van der Waals surface area contributed by atoms with Crippen LogP contribution in [0.5, 0.6) is 0 Å². The molecule has 0 N–H and O–H groups in total. The molecule has 0 aliphatic carbocycles. The van der Waals surface area contributed by atoms with Crippen molar-refractivity contribution in [2.24, 2.45) is 7.05 Å². The molecule has 0 fully saturated rings. The van der Waals surface area contributed by atoms with Gasteiger partial charge in [-0.05, 0) is 29.3 Å². The van der Waals surface area contributed by atoms with Gasteiger partial charge >= 0.3 is 0 Å². The van der Waals surface area contributed by atoms with Crippen LogP contribution in [0.15, 0.2) is 16.8 Å². The Morgan fingerprint density at radius 2 is 2.08 bits per heavy atom. The highest BCUT2D eigenvalue weighted by Crippen LogP contribution is 2.37. The van der Waals surface area contributed by atoms with Crippen molar-refractivity contribution in [3.05, 3.63) is 22.4 Å². The molecule has 13 heavy (non-hydrogen) atoms. The lowest BCUT2D eigenvalue weighted by Crippen LogP contribution is -1.85. The summed E-state index contributed by atoms with van der Waals surface area (Å²) in [4.78, 5) is 0. The zero-order valence-corrected chi connectivity index (χ0v) is 9.13. The molecule has 3 aromatic heterocycles. The van der Waals surface area contributed by atoms with Gasteiger partial charge in [-0.2, -0.15) is 0 Å². The highest BCUT2D eigenvalue weighted by atomic mass is 32.1. The third kappa shape index (κ3) is 0.810. The van der Waals surface area contributed by atoms with E-state index in [0.29, 0.717) is 0 Å². The number of nitrogens with zero attached hydrogens (tertiary/aromatic N) is 1. The number of hydrogen-bond acceptors (Lipinski definition) is 2. The van der Waals surface area contributed by atoms with Crippen LogP contribution in [0.4, 0.5) is 0 Å². The second-order valence-corrected chi connectivity index (χ2v) is 5.09. The fourth-order valence-electron chi connectivity index (χ4n) is 1.87. The topological polar surface area (TPSA) is 4.93 Å². The van der Waals surface area contributed by atoms with Crippen LogP contribution in [-0.2, 0) is 7.05 Å². The number of aromatic nitrogens is 1. The summed E-state index contributed by atoms with van der Waals surface area (Å²) in [5.41, 5.74) is 4.17. The summed E-state index contributed by atoms with van der Waals surface area (Å²) in [6.45, 7) is 2.18. The number of hydrogen-bond donors (Lipinski definition) is 0. The van der Waals surface area contributed by atoms with Gasteiger partial charge in [0.05, 0.1) is 20.4 Å². The van der Waals surface area contributed by atoms with Crippen LogP contribution >= 0.6 is 22.7 Å². The number of aryl methyl sites for hydroxylation is 2. The van der Waals surface area contributed by atoms with E-state index in [0.717, 1.165) is 0 Å². The Morgan fingerprint density at radius 1 is 1.23 bits per heavy atom. The first-order chi connectivity index (χ1) is 6.29. The monoisotopic (exact) mass is 207 g/mol. The summed E-state index contributed by atoms with van der Waals surface area (Å²) >= 11 is 3.70. The van der Waals surface area contributed by atoms with E-state index >= 15 is 0 Å². The summed E-state index contributed by atoms with van der Waals surface area (Å²) in [5, 5.41) is 4.41. The molecule has 1 nitrogen and oxygen atoms in total. The van der Waals surface area contributed by atoms with Crippen molar-refractivity contribution in [2.45, 2.75) is 6.92 Å². The van der Waals surface area contributed by atoms with Gasteiger partial charge in [0.25, 0.3) is 0 Å². The van der Waals surface area contributed by atoms with Crippen molar-refractivity contribution >= 4 is 43.1 Å². The minimum Gasteiger partial charge on any atom is -0.342 e. The molecular weight excluding hydrogens is 198 g/mol. The molecule has 0 bridgehead atoms. The van der Waals surface area contributed by atoms with Gasteiger partial charge in [0.15, 0.2) is 0 Å². The molecule has 0 spiro atoms. The zero-order chi connectivity index (χ0) is 9.00. The average molecular weight is 207 g/mol. The molecule has 3 rings (SSSR count). The molecule has 0 saturated carbocycles. The van der Waals surface area contributed by atoms with Gasteiger partial charge in [-0.1, -0.05) is 0 Å². The maximum atomic E-state index is 2.30. The molecule has 0 unspecified atom stereocenters. The molecule has 3 heterocycles. The predicted octanol–water partition coefficient (Wildman–Crippen LogP) is 3.76. The molecule has 0 amide bonds. The molecule has 66 valence electrons. The molecule has 0 atom stereocenters. The van der Waals surface area contributed by atoms with Gasteiger partial charge in [0, 0.05) is 7.05 Å². The lowest BCUT2D eigenvalue weighted by Gasteiger charge is -1.94. The lowest BCUT2D eigenvalue weighted by atomic mass is 10.3. The largest absolute Gasteiger partial charge is 0.342 e. The van der Waals surface area contributed by atoms with Crippen LogP contribution in [0.2, 0.25) is 0 Å². The van der Waals surface area contributed by atoms with Crippen molar-refractivity contribution in [2.75, 3.05) is 0 Å². The molecule has 0 saturated heterocycles. The minimum atomic E-state index is 1.37. The second kappa shape index (κ2) is 2.36. The van der Waals surface area contributed by atoms with Crippen LogP contribution in [0.3, 0.4) is 0 Å². The molecule has 3 aromatic rings. The number of rotatable bonds is 0. The highest BCUT2D eigenvalue weighted by Gasteiger charge is 2.12. The van der Waals surface area contributed by atoms with E-state index in [1.807, 2.05) is 22.7 Å². The summed E-state index contributed by atoms with van der Waals surface area (Å²) in [5.74, 6) is 0. The van der Waals surface area contributed by atoms with Gasteiger partial charge in [-0.15, -0.1) is 22.7 Å². The second-order valence-electron chi connectivity index (χ2n) is 3.29. The van der Waals surface area contributed by atoms with Gasteiger partial charge in [-0.3, -0.25) is 0 Å². The molecule has 0 radical (unpaired) electrons. The fourth-order valence-corrected chi connectivity index (χ4v) is 4.05. The standard InChI is InChI=1S/C10H9NS2/c1-6-5-13-10-8(6)11(2)7-3-4-12-9(7)10/h3-5H,1-2H3. The van der Waals surface area contributed by atoms with Crippen molar-refractivity contribution in [1.82, 2.24) is 4.57 Å². The predicted molar refractivity (Wildman–Crippen MR) is 60.9 cm³/mol. The van der Waals surface area contributed by atoms with Crippen LogP contribution in [0.1, 0.15) is 5.56 Å². The Bertz CT molecular complexity index is 582. The smallest absolute Gasteiger partial charge is 0.0703 e. The van der Waals surface area contributed by atoms with Gasteiger partial charge < -0.3 is 4.57 Å².